The molecule has 1 aliphatic rings. The minimum absolute atomic E-state index is 0.0838. The lowest BCUT2D eigenvalue weighted by Gasteiger charge is -2.09. The maximum absolute atomic E-state index is 14.3. The summed E-state index contributed by atoms with van der Waals surface area (Å²) in [4.78, 5) is 3.87. The van der Waals surface area contributed by atoms with Crippen molar-refractivity contribution in [3.8, 4) is 11.6 Å². The topological polar surface area (TPSA) is 34.1 Å². The number of nitrogens with zero attached hydrogens (tertiary/aromatic N) is 1. The van der Waals surface area contributed by atoms with Gasteiger partial charge in [0.15, 0.2) is 5.82 Å². The Balaban J connectivity index is 1.77. The molecule has 3 nitrogen and oxygen atoms in total. The van der Waals surface area contributed by atoms with Crippen molar-refractivity contribution >= 4 is 11.6 Å². The van der Waals surface area contributed by atoms with Crippen molar-refractivity contribution in [2.24, 2.45) is 0 Å². The van der Waals surface area contributed by atoms with Crippen LogP contribution in [0.4, 0.5) is 8.78 Å². The van der Waals surface area contributed by atoms with E-state index >= 15 is 0 Å². The van der Waals surface area contributed by atoms with Gasteiger partial charge >= 0.3 is 0 Å². The van der Waals surface area contributed by atoms with Crippen LogP contribution in [0, 0.1) is 11.6 Å². The van der Waals surface area contributed by atoms with Gasteiger partial charge in [0.25, 0.3) is 5.88 Å². The molecule has 1 saturated carbocycles. The number of aromatic nitrogens is 1. The van der Waals surface area contributed by atoms with Gasteiger partial charge in [-0.3, -0.25) is 0 Å². The number of rotatable bonds is 5. The second-order valence-electron chi connectivity index (χ2n) is 4.92. The fourth-order valence-corrected chi connectivity index (χ4v) is 2.03. The van der Waals surface area contributed by atoms with Crippen molar-refractivity contribution in [1.82, 2.24) is 10.3 Å². The van der Waals surface area contributed by atoms with Crippen molar-refractivity contribution in [3.63, 3.8) is 0 Å². The molecule has 1 N–H and O–H groups in total. The number of halogens is 3. The highest BCUT2D eigenvalue weighted by molar-refractivity contribution is 6.30. The quantitative estimate of drug-likeness (QED) is 0.904. The van der Waals surface area contributed by atoms with Gasteiger partial charge in [0.1, 0.15) is 11.6 Å². The van der Waals surface area contributed by atoms with Crippen LogP contribution in [0.15, 0.2) is 30.5 Å². The van der Waals surface area contributed by atoms with Gasteiger partial charge in [-0.15, -0.1) is 0 Å². The van der Waals surface area contributed by atoms with E-state index in [1.807, 2.05) is 0 Å². The first kappa shape index (κ1) is 14.2. The monoisotopic (exact) mass is 310 g/mol. The largest absolute Gasteiger partial charge is 0.436 e. The lowest BCUT2D eigenvalue weighted by atomic mass is 10.2. The molecule has 21 heavy (non-hydrogen) atoms. The molecule has 1 fully saturated rings. The molecule has 0 aliphatic heterocycles. The highest BCUT2D eigenvalue weighted by Gasteiger charge is 2.21. The third kappa shape index (κ3) is 3.49. The molecule has 0 atom stereocenters. The third-order valence-electron chi connectivity index (χ3n) is 3.20. The van der Waals surface area contributed by atoms with Crippen LogP contribution < -0.4 is 10.1 Å². The molecule has 0 amide bonds. The number of hydrogen-bond acceptors (Lipinski definition) is 3. The van der Waals surface area contributed by atoms with E-state index in [0.29, 0.717) is 18.2 Å². The lowest BCUT2D eigenvalue weighted by molar-refractivity contribution is 0.416. The third-order valence-corrected chi connectivity index (χ3v) is 3.49. The summed E-state index contributed by atoms with van der Waals surface area (Å²) < 4.78 is 32.7. The number of pyridine rings is 1. The molecule has 0 bridgehead atoms. The van der Waals surface area contributed by atoms with E-state index < -0.39 is 11.6 Å². The van der Waals surface area contributed by atoms with Crippen molar-refractivity contribution in [2.45, 2.75) is 25.4 Å². The highest BCUT2D eigenvalue weighted by Crippen LogP contribution is 2.28. The first-order valence-corrected chi connectivity index (χ1v) is 7.01. The molecule has 3 rings (SSSR count). The molecular formula is C15H13ClF2N2O. The standard InChI is InChI=1S/C15H13ClF2N2O/c16-12-7-11(3-4-13(12)17)21-15-14(18)9(5-6-19-15)8-20-10-1-2-10/h3-7,10,20H,1-2,8H2. The average molecular weight is 311 g/mol. The van der Waals surface area contributed by atoms with E-state index in [9.17, 15) is 8.78 Å². The van der Waals surface area contributed by atoms with Crippen molar-refractivity contribution in [2.75, 3.05) is 0 Å². The zero-order chi connectivity index (χ0) is 14.8. The fraction of sp³-hybridized carbons (Fsp3) is 0.267. The Morgan fingerprint density at radius 2 is 2.10 bits per heavy atom. The smallest absolute Gasteiger partial charge is 0.256 e. The lowest BCUT2D eigenvalue weighted by Crippen LogP contribution is -2.16. The van der Waals surface area contributed by atoms with Crippen LogP contribution in [-0.2, 0) is 6.54 Å². The maximum atomic E-state index is 14.3. The average Bonchev–Trinajstić information content (AvgIpc) is 3.28. The zero-order valence-corrected chi connectivity index (χ0v) is 11.8. The Hall–Kier alpha value is -1.72. The summed E-state index contributed by atoms with van der Waals surface area (Å²) in [5, 5.41) is 3.14. The second-order valence-corrected chi connectivity index (χ2v) is 5.33. The van der Waals surface area contributed by atoms with Gasteiger partial charge in [0, 0.05) is 30.4 Å². The van der Waals surface area contributed by atoms with Crippen LogP contribution in [0.5, 0.6) is 11.6 Å². The molecule has 1 aliphatic carbocycles. The second kappa shape index (κ2) is 5.95. The minimum Gasteiger partial charge on any atom is -0.436 e. The fourth-order valence-electron chi connectivity index (χ4n) is 1.86. The number of ether oxygens (including phenoxy) is 1. The van der Waals surface area contributed by atoms with Crippen molar-refractivity contribution in [3.05, 3.63) is 52.7 Å². The van der Waals surface area contributed by atoms with E-state index in [2.05, 4.69) is 10.3 Å². The molecule has 2 aromatic rings. The first-order chi connectivity index (χ1) is 10.1. The molecule has 0 saturated heterocycles. The molecule has 1 aromatic heterocycles. The van der Waals surface area contributed by atoms with Gasteiger partial charge < -0.3 is 10.1 Å². The van der Waals surface area contributed by atoms with Crippen LogP contribution in [0.3, 0.4) is 0 Å². The van der Waals surface area contributed by atoms with Gasteiger partial charge in [-0.25, -0.2) is 13.8 Å². The summed E-state index contributed by atoms with van der Waals surface area (Å²) in [5.41, 5.74) is 0.486. The van der Waals surface area contributed by atoms with E-state index in [-0.39, 0.29) is 16.7 Å². The normalized spacial score (nSPS) is 14.2. The van der Waals surface area contributed by atoms with Crippen LogP contribution in [-0.4, -0.2) is 11.0 Å². The number of benzene rings is 1. The first-order valence-electron chi connectivity index (χ1n) is 6.63. The summed E-state index contributed by atoms with van der Waals surface area (Å²) in [5.74, 6) is -0.987. The molecule has 110 valence electrons. The Morgan fingerprint density at radius 3 is 2.81 bits per heavy atom. The number of hydrogen-bond donors (Lipinski definition) is 1. The van der Waals surface area contributed by atoms with E-state index in [0.717, 1.165) is 18.9 Å². The highest BCUT2D eigenvalue weighted by atomic mass is 35.5. The Morgan fingerprint density at radius 1 is 1.29 bits per heavy atom. The van der Waals surface area contributed by atoms with Gasteiger partial charge in [-0.1, -0.05) is 11.6 Å². The Kier molecular flexibility index (Phi) is 4.03. The summed E-state index contributed by atoms with van der Waals surface area (Å²) in [6.45, 7) is 0.430. The minimum atomic E-state index is -0.556. The molecular weight excluding hydrogens is 298 g/mol. The Bertz CT molecular complexity index is 662. The van der Waals surface area contributed by atoms with Crippen LogP contribution in [0.25, 0.3) is 0 Å². The van der Waals surface area contributed by atoms with Gasteiger partial charge in [0.2, 0.25) is 0 Å². The van der Waals surface area contributed by atoms with Crippen LogP contribution in [0.1, 0.15) is 18.4 Å². The summed E-state index contributed by atoms with van der Waals surface area (Å²) in [7, 11) is 0. The van der Waals surface area contributed by atoms with Crippen LogP contribution >= 0.6 is 11.6 Å². The SMILES string of the molecule is Fc1ccc(Oc2nccc(CNC3CC3)c2F)cc1Cl. The Labute approximate surface area is 125 Å². The molecule has 0 spiro atoms. The van der Waals surface area contributed by atoms with Crippen molar-refractivity contribution < 1.29 is 13.5 Å². The van der Waals surface area contributed by atoms with E-state index in [1.165, 1.54) is 18.3 Å². The predicted octanol–water partition coefficient (Wildman–Crippen LogP) is 4.06. The molecule has 1 aromatic carbocycles. The predicted molar refractivity (Wildman–Crippen MR) is 75.5 cm³/mol. The van der Waals surface area contributed by atoms with Gasteiger partial charge in [0.05, 0.1) is 5.02 Å². The van der Waals surface area contributed by atoms with E-state index in [4.69, 9.17) is 16.3 Å². The summed E-state index contributed by atoms with van der Waals surface area (Å²) >= 11 is 5.66. The molecule has 6 heteroatoms. The molecule has 0 unspecified atom stereocenters. The van der Waals surface area contributed by atoms with Gasteiger partial charge in [-0.2, -0.15) is 0 Å². The van der Waals surface area contributed by atoms with Gasteiger partial charge in [-0.05, 0) is 31.0 Å². The summed E-state index contributed by atoms with van der Waals surface area (Å²) in [6, 6.07) is 5.91. The summed E-state index contributed by atoms with van der Waals surface area (Å²) in [6.07, 6.45) is 3.74. The van der Waals surface area contributed by atoms with Crippen LogP contribution in [0.2, 0.25) is 5.02 Å². The number of nitrogens with one attached hydrogen (secondary N) is 1. The van der Waals surface area contributed by atoms with Crippen molar-refractivity contribution in [1.29, 1.82) is 0 Å². The molecule has 1 heterocycles. The van der Waals surface area contributed by atoms with E-state index in [1.54, 1.807) is 6.07 Å². The molecule has 0 radical (unpaired) electrons. The maximum Gasteiger partial charge on any atom is 0.256 e. The zero-order valence-electron chi connectivity index (χ0n) is 11.1.